The number of ether oxygens (including phenoxy) is 1. The summed E-state index contributed by atoms with van der Waals surface area (Å²) in [5.41, 5.74) is -0.572. The van der Waals surface area contributed by atoms with E-state index in [-0.39, 0.29) is 32.1 Å². The predicted octanol–water partition coefficient (Wildman–Crippen LogP) is 3.60. The van der Waals surface area contributed by atoms with Crippen LogP contribution in [0.2, 0.25) is 0 Å². The highest BCUT2D eigenvalue weighted by molar-refractivity contribution is 7.89. The number of morpholine rings is 1. The van der Waals surface area contributed by atoms with E-state index in [4.69, 9.17) is 4.74 Å². The average molecular weight is 373 g/mol. The van der Waals surface area contributed by atoms with Crippen LogP contribution in [-0.2, 0) is 14.8 Å². The summed E-state index contributed by atoms with van der Waals surface area (Å²) in [6.45, 7) is 2.25. The number of halogens is 2. The molecule has 25 heavy (non-hydrogen) atoms. The van der Waals surface area contributed by atoms with Gasteiger partial charge < -0.3 is 4.74 Å². The maximum atomic E-state index is 13.7. The van der Waals surface area contributed by atoms with Gasteiger partial charge in [-0.2, -0.15) is 4.31 Å². The lowest BCUT2D eigenvalue weighted by atomic mass is 9.89. The fourth-order valence-electron chi connectivity index (χ4n) is 3.97. The van der Waals surface area contributed by atoms with Gasteiger partial charge in [-0.1, -0.05) is 43.2 Å². The standard InChI is InChI=1S/C18H25F2NO3S/c1-14-11-21(16(12-24-14)15-7-3-2-4-8-15)25(22,23)13-18(17(19)20)9-5-6-10-18/h2-4,7-8,14,16-17H,5-6,9-13H2,1H3. The molecule has 0 spiro atoms. The second-order valence-corrected chi connectivity index (χ2v) is 9.19. The van der Waals surface area contributed by atoms with Crippen molar-refractivity contribution in [3.63, 3.8) is 0 Å². The normalized spacial score (nSPS) is 27.7. The molecule has 0 aromatic heterocycles. The maximum absolute atomic E-state index is 13.7. The summed E-state index contributed by atoms with van der Waals surface area (Å²) >= 11 is 0. The molecule has 1 aliphatic heterocycles. The summed E-state index contributed by atoms with van der Waals surface area (Å²) < 4.78 is 60.6. The molecule has 140 valence electrons. The Hall–Kier alpha value is -1.05. The molecule has 1 saturated heterocycles. The summed E-state index contributed by atoms with van der Waals surface area (Å²) in [6, 6.07) is 8.79. The minimum atomic E-state index is -3.83. The molecular weight excluding hydrogens is 348 g/mol. The summed E-state index contributed by atoms with van der Waals surface area (Å²) in [6.07, 6.45) is -0.970. The molecule has 2 aliphatic rings. The smallest absolute Gasteiger partial charge is 0.245 e. The maximum Gasteiger partial charge on any atom is 0.245 e. The highest BCUT2D eigenvalue weighted by atomic mass is 32.2. The van der Waals surface area contributed by atoms with E-state index in [1.165, 1.54) is 4.31 Å². The molecule has 4 nitrogen and oxygen atoms in total. The number of nitrogens with zero attached hydrogens (tertiary/aromatic N) is 1. The summed E-state index contributed by atoms with van der Waals surface area (Å²) in [5, 5.41) is 0. The molecule has 1 aliphatic carbocycles. The van der Waals surface area contributed by atoms with E-state index in [2.05, 4.69) is 0 Å². The van der Waals surface area contributed by atoms with Gasteiger partial charge >= 0.3 is 0 Å². The van der Waals surface area contributed by atoms with Crippen LogP contribution in [0.5, 0.6) is 0 Å². The van der Waals surface area contributed by atoms with Crippen molar-refractivity contribution in [3.8, 4) is 0 Å². The molecule has 1 aromatic carbocycles. The molecule has 0 N–H and O–H groups in total. The largest absolute Gasteiger partial charge is 0.375 e. The molecule has 0 radical (unpaired) electrons. The second-order valence-electron chi connectivity index (χ2n) is 7.27. The van der Waals surface area contributed by atoms with Gasteiger partial charge in [0.15, 0.2) is 0 Å². The molecule has 0 bridgehead atoms. The van der Waals surface area contributed by atoms with Crippen LogP contribution < -0.4 is 0 Å². The van der Waals surface area contributed by atoms with E-state index in [0.717, 1.165) is 5.56 Å². The van der Waals surface area contributed by atoms with Crippen LogP contribution in [0.15, 0.2) is 30.3 Å². The third kappa shape index (κ3) is 3.88. The van der Waals surface area contributed by atoms with Crippen LogP contribution in [0.1, 0.15) is 44.2 Å². The Balaban J connectivity index is 1.89. The summed E-state index contributed by atoms with van der Waals surface area (Å²) in [7, 11) is -3.83. The number of sulfonamides is 1. The van der Waals surface area contributed by atoms with Gasteiger partial charge in [0.25, 0.3) is 0 Å². The number of alkyl halides is 2. The zero-order valence-corrected chi connectivity index (χ0v) is 15.2. The fourth-order valence-corrected chi connectivity index (χ4v) is 6.28. The third-order valence-electron chi connectivity index (χ3n) is 5.40. The van der Waals surface area contributed by atoms with Crippen LogP contribution in [0.3, 0.4) is 0 Å². The molecule has 7 heteroatoms. The second kappa shape index (κ2) is 7.29. The number of hydrogen-bond acceptors (Lipinski definition) is 3. The van der Waals surface area contributed by atoms with E-state index in [0.29, 0.717) is 12.8 Å². The molecular formula is C18H25F2NO3S. The predicted molar refractivity (Wildman–Crippen MR) is 92.0 cm³/mol. The van der Waals surface area contributed by atoms with Gasteiger partial charge in [-0.3, -0.25) is 0 Å². The third-order valence-corrected chi connectivity index (χ3v) is 7.45. The topological polar surface area (TPSA) is 46.6 Å². The number of rotatable bonds is 5. The van der Waals surface area contributed by atoms with Crippen LogP contribution in [0.4, 0.5) is 8.78 Å². The first-order chi connectivity index (χ1) is 11.8. The van der Waals surface area contributed by atoms with Crippen molar-refractivity contribution in [2.75, 3.05) is 18.9 Å². The molecule has 3 rings (SSSR count). The van der Waals surface area contributed by atoms with Gasteiger partial charge in [0.05, 0.1) is 24.5 Å². The lowest BCUT2D eigenvalue weighted by molar-refractivity contribution is -0.0251. The molecule has 1 heterocycles. The first-order valence-electron chi connectivity index (χ1n) is 8.78. The van der Waals surface area contributed by atoms with Crippen molar-refractivity contribution in [1.82, 2.24) is 4.31 Å². The van der Waals surface area contributed by atoms with Crippen molar-refractivity contribution < 1.29 is 21.9 Å². The molecule has 2 fully saturated rings. The lowest BCUT2D eigenvalue weighted by Gasteiger charge is -2.40. The highest BCUT2D eigenvalue weighted by Crippen LogP contribution is 2.45. The first-order valence-corrected chi connectivity index (χ1v) is 10.4. The van der Waals surface area contributed by atoms with Crippen molar-refractivity contribution in [3.05, 3.63) is 35.9 Å². The van der Waals surface area contributed by atoms with Crippen LogP contribution >= 0.6 is 0 Å². The monoisotopic (exact) mass is 373 g/mol. The van der Waals surface area contributed by atoms with Gasteiger partial charge in [0.2, 0.25) is 16.4 Å². The Morgan fingerprint density at radius 1 is 1.24 bits per heavy atom. The van der Waals surface area contributed by atoms with Crippen LogP contribution in [-0.4, -0.2) is 44.2 Å². The van der Waals surface area contributed by atoms with Gasteiger partial charge in [0.1, 0.15) is 0 Å². The Morgan fingerprint density at radius 3 is 2.48 bits per heavy atom. The van der Waals surface area contributed by atoms with E-state index < -0.39 is 33.7 Å². The summed E-state index contributed by atoms with van der Waals surface area (Å²) in [4.78, 5) is 0. The van der Waals surface area contributed by atoms with E-state index >= 15 is 0 Å². The van der Waals surface area contributed by atoms with Crippen molar-refractivity contribution in [2.45, 2.75) is 51.2 Å². The molecule has 0 amide bonds. The van der Waals surface area contributed by atoms with Crippen molar-refractivity contribution in [1.29, 1.82) is 0 Å². The lowest BCUT2D eigenvalue weighted by Crippen LogP contribution is -2.50. The average Bonchev–Trinajstić information content (AvgIpc) is 3.05. The van der Waals surface area contributed by atoms with Gasteiger partial charge in [-0.25, -0.2) is 17.2 Å². The van der Waals surface area contributed by atoms with Crippen molar-refractivity contribution in [2.24, 2.45) is 5.41 Å². The minimum Gasteiger partial charge on any atom is -0.375 e. The van der Waals surface area contributed by atoms with Gasteiger partial charge in [0, 0.05) is 12.0 Å². The van der Waals surface area contributed by atoms with Crippen LogP contribution in [0, 0.1) is 5.41 Å². The molecule has 1 aromatic rings. The van der Waals surface area contributed by atoms with E-state index in [1.54, 1.807) is 0 Å². The minimum absolute atomic E-state index is 0.196. The Kier molecular flexibility index (Phi) is 5.46. The van der Waals surface area contributed by atoms with Gasteiger partial charge in [-0.15, -0.1) is 0 Å². The van der Waals surface area contributed by atoms with Crippen molar-refractivity contribution >= 4 is 10.0 Å². The Bertz CT molecular complexity index is 675. The molecule has 2 atom stereocenters. The number of benzene rings is 1. The summed E-state index contributed by atoms with van der Waals surface area (Å²) in [5.74, 6) is -0.478. The SMILES string of the molecule is CC1CN(S(=O)(=O)CC2(C(F)F)CCCC2)C(c2ccccc2)CO1. The van der Waals surface area contributed by atoms with Gasteiger partial charge in [-0.05, 0) is 25.3 Å². The van der Waals surface area contributed by atoms with Crippen LogP contribution in [0.25, 0.3) is 0 Å². The number of hydrogen-bond donors (Lipinski definition) is 0. The molecule has 2 unspecified atom stereocenters. The zero-order chi connectivity index (χ0) is 18.1. The Morgan fingerprint density at radius 2 is 1.88 bits per heavy atom. The Labute approximate surface area is 148 Å². The first kappa shape index (κ1) is 18.7. The van der Waals surface area contributed by atoms with E-state index in [1.807, 2.05) is 37.3 Å². The van der Waals surface area contributed by atoms with E-state index in [9.17, 15) is 17.2 Å². The zero-order valence-electron chi connectivity index (χ0n) is 14.4. The quantitative estimate of drug-likeness (QED) is 0.792. The fraction of sp³-hybridized carbons (Fsp3) is 0.667. The highest BCUT2D eigenvalue weighted by Gasteiger charge is 2.48. The molecule has 1 saturated carbocycles.